The average Bonchev–Trinajstić information content (AvgIpc) is 2.50. The fourth-order valence-corrected chi connectivity index (χ4v) is 4.19. The summed E-state index contributed by atoms with van der Waals surface area (Å²) < 4.78 is 39.7. The van der Waals surface area contributed by atoms with Crippen molar-refractivity contribution in [2.24, 2.45) is 5.92 Å². The Morgan fingerprint density at radius 1 is 1.32 bits per heavy atom. The van der Waals surface area contributed by atoms with Gasteiger partial charge in [-0.05, 0) is 25.8 Å². The lowest BCUT2D eigenvalue weighted by molar-refractivity contribution is -0.126. The molecule has 0 radical (unpaired) electrons. The monoisotopic (exact) mass is 328 g/mol. The van der Waals surface area contributed by atoms with Gasteiger partial charge in [-0.25, -0.2) is 17.1 Å². The standard InChI is InChI=1S/C15H21FN2O3S/c1-2-17-15(19)12-7-9-18(10-8-12)22(20,21)11-13-5-3-4-6-14(13)16/h3-6,12H,2,7-11H2,1H3,(H,17,19). The number of sulfonamides is 1. The van der Waals surface area contributed by atoms with Crippen LogP contribution < -0.4 is 5.32 Å². The molecule has 0 aliphatic carbocycles. The number of rotatable bonds is 5. The van der Waals surface area contributed by atoms with E-state index in [1.165, 1.54) is 22.5 Å². The highest BCUT2D eigenvalue weighted by atomic mass is 32.2. The third kappa shape index (κ3) is 4.04. The first-order valence-corrected chi connectivity index (χ1v) is 9.04. The van der Waals surface area contributed by atoms with Crippen LogP contribution in [-0.4, -0.2) is 38.3 Å². The van der Waals surface area contributed by atoms with E-state index in [1.807, 2.05) is 6.92 Å². The van der Waals surface area contributed by atoms with Gasteiger partial charge in [-0.1, -0.05) is 18.2 Å². The molecule has 1 aliphatic heterocycles. The highest BCUT2D eigenvalue weighted by Crippen LogP contribution is 2.22. The molecule has 7 heteroatoms. The summed E-state index contributed by atoms with van der Waals surface area (Å²) in [6, 6.07) is 5.89. The van der Waals surface area contributed by atoms with Crippen LogP contribution in [0.2, 0.25) is 0 Å². The second-order valence-corrected chi connectivity index (χ2v) is 7.38. The maximum absolute atomic E-state index is 13.6. The number of halogens is 1. The summed E-state index contributed by atoms with van der Waals surface area (Å²) in [5, 5.41) is 2.76. The van der Waals surface area contributed by atoms with E-state index in [2.05, 4.69) is 5.32 Å². The molecule has 0 bridgehead atoms. The van der Waals surface area contributed by atoms with Crippen LogP contribution in [0, 0.1) is 11.7 Å². The topological polar surface area (TPSA) is 66.5 Å². The summed E-state index contributed by atoms with van der Waals surface area (Å²) in [7, 11) is -3.56. The first-order chi connectivity index (χ1) is 10.4. The number of piperidine rings is 1. The van der Waals surface area contributed by atoms with Crippen molar-refractivity contribution < 1.29 is 17.6 Å². The second kappa shape index (κ2) is 7.19. The molecule has 0 atom stereocenters. The average molecular weight is 328 g/mol. The lowest BCUT2D eigenvalue weighted by atomic mass is 9.97. The normalized spacial score (nSPS) is 17.4. The maximum atomic E-state index is 13.6. The molecule has 1 aromatic rings. The minimum Gasteiger partial charge on any atom is -0.356 e. The van der Waals surface area contributed by atoms with Crippen LogP contribution in [0.3, 0.4) is 0 Å². The van der Waals surface area contributed by atoms with Gasteiger partial charge in [0.05, 0.1) is 5.75 Å². The van der Waals surface area contributed by atoms with Gasteiger partial charge in [0.1, 0.15) is 5.82 Å². The molecule has 0 saturated carbocycles. The Hall–Kier alpha value is -1.47. The molecule has 1 fully saturated rings. The van der Waals surface area contributed by atoms with Crippen LogP contribution in [0.5, 0.6) is 0 Å². The molecule has 1 amide bonds. The van der Waals surface area contributed by atoms with Gasteiger partial charge in [-0.2, -0.15) is 0 Å². The molecule has 1 heterocycles. The Bertz CT molecular complexity index is 625. The Morgan fingerprint density at radius 2 is 1.95 bits per heavy atom. The lowest BCUT2D eigenvalue weighted by Crippen LogP contribution is -2.43. The molecular weight excluding hydrogens is 307 g/mol. The Kier molecular flexibility index (Phi) is 5.52. The Morgan fingerprint density at radius 3 is 2.55 bits per heavy atom. The van der Waals surface area contributed by atoms with Crippen molar-refractivity contribution in [1.82, 2.24) is 9.62 Å². The van der Waals surface area contributed by atoms with E-state index < -0.39 is 15.8 Å². The molecule has 22 heavy (non-hydrogen) atoms. The van der Waals surface area contributed by atoms with Crippen molar-refractivity contribution in [2.45, 2.75) is 25.5 Å². The van der Waals surface area contributed by atoms with E-state index in [0.717, 1.165) is 0 Å². The highest BCUT2D eigenvalue weighted by Gasteiger charge is 2.31. The van der Waals surface area contributed by atoms with Crippen LogP contribution >= 0.6 is 0 Å². The molecule has 1 aliphatic rings. The van der Waals surface area contributed by atoms with Gasteiger partial charge in [0, 0.05) is 31.1 Å². The molecule has 0 unspecified atom stereocenters. The van der Waals surface area contributed by atoms with Crippen molar-refractivity contribution >= 4 is 15.9 Å². The Balaban J connectivity index is 1.98. The predicted octanol–water partition coefficient (Wildman–Crippen LogP) is 1.50. The van der Waals surface area contributed by atoms with E-state index in [4.69, 9.17) is 0 Å². The summed E-state index contributed by atoms with van der Waals surface area (Å²) in [5.74, 6) is -1.01. The zero-order valence-corrected chi connectivity index (χ0v) is 13.4. The fraction of sp³-hybridized carbons (Fsp3) is 0.533. The number of nitrogens with zero attached hydrogens (tertiary/aromatic N) is 1. The number of hydrogen-bond acceptors (Lipinski definition) is 3. The Labute approximate surface area is 130 Å². The number of amides is 1. The maximum Gasteiger partial charge on any atom is 0.223 e. The van der Waals surface area contributed by atoms with E-state index >= 15 is 0 Å². The third-order valence-corrected chi connectivity index (χ3v) is 5.69. The summed E-state index contributed by atoms with van der Waals surface area (Å²) in [5.41, 5.74) is 0.174. The van der Waals surface area contributed by atoms with E-state index in [0.29, 0.717) is 32.5 Å². The first kappa shape index (κ1) is 16.9. The molecule has 1 N–H and O–H groups in total. The van der Waals surface area contributed by atoms with Gasteiger partial charge < -0.3 is 5.32 Å². The van der Waals surface area contributed by atoms with Crippen molar-refractivity contribution in [3.05, 3.63) is 35.6 Å². The molecule has 0 aromatic heterocycles. The second-order valence-electron chi connectivity index (χ2n) is 5.42. The molecule has 5 nitrogen and oxygen atoms in total. The highest BCUT2D eigenvalue weighted by molar-refractivity contribution is 7.88. The van der Waals surface area contributed by atoms with Gasteiger partial charge >= 0.3 is 0 Å². The largest absolute Gasteiger partial charge is 0.356 e. The lowest BCUT2D eigenvalue weighted by Gasteiger charge is -2.30. The van der Waals surface area contributed by atoms with Gasteiger partial charge in [0.15, 0.2) is 0 Å². The molecule has 122 valence electrons. The van der Waals surface area contributed by atoms with Crippen molar-refractivity contribution in [2.75, 3.05) is 19.6 Å². The number of benzene rings is 1. The predicted molar refractivity (Wildman–Crippen MR) is 82.0 cm³/mol. The van der Waals surface area contributed by atoms with Gasteiger partial charge in [0.2, 0.25) is 15.9 Å². The third-order valence-electron chi connectivity index (χ3n) is 3.86. The molecule has 1 saturated heterocycles. The smallest absolute Gasteiger partial charge is 0.223 e. The summed E-state index contributed by atoms with van der Waals surface area (Å²) in [6.07, 6.45) is 1.00. The van der Waals surface area contributed by atoms with Crippen LogP contribution in [0.15, 0.2) is 24.3 Å². The van der Waals surface area contributed by atoms with E-state index in [-0.39, 0.29) is 23.1 Å². The van der Waals surface area contributed by atoms with Crippen LogP contribution in [0.1, 0.15) is 25.3 Å². The van der Waals surface area contributed by atoms with Crippen molar-refractivity contribution in [3.8, 4) is 0 Å². The van der Waals surface area contributed by atoms with Crippen LogP contribution in [-0.2, 0) is 20.6 Å². The van der Waals surface area contributed by atoms with Gasteiger partial charge in [-0.3, -0.25) is 4.79 Å². The quantitative estimate of drug-likeness (QED) is 0.891. The van der Waals surface area contributed by atoms with Crippen molar-refractivity contribution in [1.29, 1.82) is 0 Å². The first-order valence-electron chi connectivity index (χ1n) is 7.43. The number of nitrogens with one attached hydrogen (secondary N) is 1. The molecule has 2 rings (SSSR count). The van der Waals surface area contributed by atoms with Crippen LogP contribution in [0.25, 0.3) is 0 Å². The SMILES string of the molecule is CCNC(=O)C1CCN(S(=O)(=O)Cc2ccccc2F)CC1. The van der Waals surface area contributed by atoms with Crippen molar-refractivity contribution in [3.63, 3.8) is 0 Å². The minimum absolute atomic E-state index is 0.0198. The fourth-order valence-electron chi connectivity index (χ4n) is 2.62. The molecule has 1 aromatic carbocycles. The van der Waals surface area contributed by atoms with E-state index in [9.17, 15) is 17.6 Å². The summed E-state index contributed by atoms with van der Waals surface area (Å²) >= 11 is 0. The zero-order chi connectivity index (χ0) is 16.2. The molecular formula is C15H21FN2O3S. The molecule has 0 spiro atoms. The summed E-state index contributed by atoms with van der Waals surface area (Å²) in [4.78, 5) is 11.8. The number of carbonyl (C=O) groups excluding carboxylic acids is 1. The number of carbonyl (C=O) groups is 1. The summed E-state index contributed by atoms with van der Waals surface area (Å²) in [6.45, 7) is 3.04. The van der Waals surface area contributed by atoms with Gasteiger partial charge in [-0.15, -0.1) is 0 Å². The zero-order valence-electron chi connectivity index (χ0n) is 12.6. The van der Waals surface area contributed by atoms with Gasteiger partial charge in [0.25, 0.3) is 0 Å². The van der Waals surface area contributed by atoms with Crippen LogP contribution in [0.4, 0.5) is 4.39 Å². The number of hydrogen-bond donors (Lipinski definition) is 1. The minimum atomic E-state index is -3.56. The van der Waals surface area contributed by atoms with E-state index in [1.54, 1.807) is 6.07 Å².